The van der Waals surface area contributed by atoms with Crippen molar-refractivity contribution >= 4 is 5.91 Å². The third-order valence-electron chi connectivity index (χ3n) is 5.69. The topological polar surface area (TPSA) is 107 Å². The van der Waals surface area contributed by atoms with Gasteiger partial charge in [-0.25, -0.2) is 9.67 Å². The maximum absolute atomic E-state index is 13.0. The predicted octanol–water partition coefficient (Wildman–Crippen LogP) is 1.09. The lowest BCUT2D eigenvalue weighted by Crippen LogP contribution is -2.46. The van der Waals surface area contributed by atoms with E-state index in [-0.39, 0.29) is 24.0 Å². The summed E-state index contributed by atoms with van der Waals surface area (Å²) >= 11 is 0. The number of hydrogen-bond donors (Lipinski definition) is 2. The molecule has 8 nitrogen and oxygen atoms in total. The van der Waals surface area contributed by atoms with Gasteiger partial charge in [-0.1, -0.05) is 20.8 Å². The summed E-state index contributed by atoms with van der Waals surface area (Å²) in [5.41, 5.74) is 2.05. The van der Waals surface area contributed by atoms with Gasteiger partial charge >= 0.3 is 0 Å². The molecule has 144 valence electrons. The van der Waals surface area contributed by atoms with Crippen LogP contribution < -0.4 is 10.0 Å². The highest BCUT2D eigenvalue weighted by molar-refractivity contribution is 5.94. The summed E-state index contributed by atoms with van der Waals surface area (Å²) in [6, 6.07) is -0.373. The van der Waals surface area contributed by atoms with Crippen LogP contribution in [0, 0.1) is 16.5 Å². The van der Waals surface area contributed by atoms with Crippen molar-refractivity contribution in [3.63, 3.8) is 0 Å². The molecular weight excluding hydrogens is 346 g/mol. The van der Waals surface area contributed by atoms with Crippen LogP contribution in [0.4, 0.5) is 0 Å². The van der Waals surface area contributed by atoms with E-state index in [9.17, 15) is 15.1 Å². The van der Waals surface area contributed by atoms with Crippen molar-refractivity contribution in [2.75, 3.05) is 6.61 Å². The van der Waals surface area contributed by atoms with Gasteiger partial charge in [0.25, 0.3) is 5.91 Å². The molecule has 2 aliphatic carbocycles. The van der Waals surface area contributed by atoms with Crippen molar-refractivity contribution in [2.24, 2.45) is 11.3 Å². The first-order chi connectivity index (χ1) is 12.8. The van der Waals surface area contributed by atoms with Gasteiger partial charge < -0.3 is 15.6 Å². The first-order valence-corrected chi connectivity index (χ1v) is 9.38. The normalized spacial score (nSPS) is 21.9. The molecule has 3 atom stereocenters. The van der Waals surface area contributed by atoms with Crippen molar-refractivity contribution in [3.8, 4) is 5.82 Å². The summed E-state index contributed by atoms with van der Waals surface area (Å²) in [7, 11) is 0. The van der Waals surface area contributed by atoms with E-state index in [2.05, 4.69) is 15.4 Å². The molecule has 0 bridgehead atoms. The Balaban J connectivity index is 1.74. The SMILES string of the molecule is CC(C)(C)[C@@H](CO)NC(=O)c1nn(-c2c[n+]([O-])ccn2)c2c1CC[C@H]1C[C@@H]21. The number of carbonyl (C=O) groups is 1. The molecule has 0 saturated heterocycles. The molecular formula is C19H25N5O3. The van der Waals surface area contributed by atoms with Crippen molar-refractivity contribution < 1.29 is 14.6 Å². The van der Waals surface area contributed by atoms with Crippen LogP contribution in [0.25, 0.3) is 5.82 Å². The van der Waals surface area contributed by atoms with E-state index in [1.54, 1.807) is 4.68 Å². The Morgan fingerprint density at radius 2 is 2.30 bits per heavy atom. The van der Waals surface area contributed by atoms with Crippen LogP contribution in [-0.2, 0) is 6.42 Å². The minimum absolute atomic E-state index is 0.140. The fourth-order valence-electron chi connectivity index (χ4n) is 3.92. The quantitative estimate of drug-likeness (QED) is 0.618. The second kappa shape index (κ2) is 6.30. The summed E-state index contributed by atoms with van der Waals surface area (Å²) in [6.45, 7) is 5.77. The van der Waals surface area contributed by atoms with Gasteiger partial charge in [0.15, 0.2) is 11.9 Å². The van der Waals surface area contributed by atoms with E-state index in [4.69, 9.17) is 0 Å². The predicted molar refractivity (Wildman–Crippen MR) is 97.3 cm³/mol. The molecule has 2 aliphatic rings. The smallest absolute Gasteiger partial charge is 0.272 e. The van der Waals surface area contributed by atoms with Crippen LogP contribution >= 0.6 is 0 Å². The van der Waals surface area contributed by atoms with Gasteiger partial charge in [0, 0.05) is 11.5 Å². The van der Waals surface area contributed by atoms with Crippen molar-refractivity contribution in [1.82, 2.24) is 20.1 Å². The summed E-state index contributed by atoms with van der Waals surface area (Å²) in [5, 5.41) is 28.8. The Hall–Kier alpha value is -2.48. The number of aliphatic hydroxyl groups is 1. The number of hydrogen-bond acceptors (Lipinski definition) is 5. The summed E-state index contributed by atoms with van der Waals surface area (Å²) < 4.78 is 2.35. The standard InChI is InChI=1S/C19H25N5O3/c1-19(2,3)14(10-25)21-18(26)16-12-5-4-11-8-13(11)17(12)24(22-16)15-9-23(27)7-6-20-15/h6-7,9,11,13-14,25H,4-5,8,10H2,1-3H3,(H,21,26)/t11-,13+,14+/m0/s1. The zero-order valence-electron chi connectivity index (χ0n) is 15.8. The zero-order valence-corrected chi connectivity index (χ0v) is 15.8. The number of nitrogens with one attached hydrogen (secondary N) is 1. The average molecular weight is 371 g/mol. The van der Waals surface area contributed by atoms with Crippen molar-refractivity contribution in [1.29, 1.82) is 0 Å². The average Bonchev–Trinajstić information content (AvgIpc) is 3.30. The number of carbonyl (C=O) groups excluding carboxylic acids is 1. The number of amides is 1. The van der Waals surface area contributed by atoms with Gasteiger partial charge in [-0.15, -0.1) is 0 Å². The van der Waals surface area contributed by atoms with Gasteiger partial charge in [-0.2, -0.15) is 9.83 Å². The van der Waals surface area contributed by atoms with Crippen LogP contribution in [-0.4, -0.2) is 38.4 Å². The second-order valence-electron chi connectivity index (χ2n) is 8.61. The summed E-state index contributed by atoms with van der Waals surface area (Å²) in [6.07, 6.45) is 7.06. The zero-order chi connectivity index (χ0) is 19.3. The molecule has 1 saturated carbocycles. The Morgan fingerprint density at radius 1 is 1.52 bits per heavy atom. The highest BCUT2D eigenvalue weighted by Gasteiger charge is 2.47. The fourth-order valence-corrected chi connectivity index (χ4v) is 3.92. The van der Waals surface area contributed by atoms with Crippen LogP contribution in [0.1, 0.15) is 61.3 Å². The Bertz CT molecular complexity index is 886. The first-order valence-electron chi connectivity index (χ1n) is 9.38. The number of aromatic nitrogens is 4. The molecule has 2 aromatic heterocycles. The summed E-state index contributed by atoms with van der Waals surface area (Å²) in [5.74, 6) is 1.14. The molecule has 0 unspecified atom stereocenters. The lowest BCUT2D eigenvalue weighted by Gasteiger charge is -2.29. The first kappa shape index (κ1) is 17.9. The maximum Gasteiger partial charge on any atom is 0.272 e. The molecule has 0 aliphatic heterocycles. The minimum atomic E-state index is -0.373. The van der Waals surface area contributed by atoms with E-state index in [1.165, 1.54) is 18.6 Å². The number of rotatable bonds is 4. The van der Waals surface area contributed by atoms with E-state index in [0.717, 1.165) is 30.5 Å². The maximum atomic E-state index is 13.0. The van der Waals surface area contributed by atoms with Crippen LogP contribution in [0.3, 0.4) is 0 Å². The third-order valence-corrected chi connectivity index (χ3v) is 5.69. The molecule has 27 heavy (non-hydrogen) atoms. The van der Waals surface area contributed by atoms with Gasteiger partial charge in [0.2, 0.25) is 12.0 Å². The molecule has 0 aromatic carbocycles. The fraction of sp³-hybridized carbons (Fsp3) is 0.579. The highest BCUT2D eigenvalue weighted by atomic mass is 16.5. The van der Waals surface area contributed by atoms with E-state index >= 15 is 0 Å². The molecule has 2 aromatic rings. The Kier molecular flexibility index (Phi) is 4.18. The third kappa shape index (κ3) is 3.18. The molecule has 8 heteroatoms. The van der Waals surface area contributed by atoms with Crippen molar-refractivity contribution in [3.05, 3.63) is 40.7 Å². The van der Waals surface area contributed by atoms with Crippen LogP contribution in [0.2, 0.25) is 0 Å². The van der Waals surface area contributed by atoms with E-state index < -0.39 is 0 Å². The molecule has 0 radical (unpaired) electrons. The van der Waals surface area contributed by atoms with Gasteiger partial charge in [-0.05, 0) is 30.6 Å². The second-order valence-corrected chi connectivity index (χ2v) is 8.61. The number of nitrogens with zero attached hydrogens (tertiary/aromatic N) is 4. The molecule has 1 amide bonds. The van der Waals surface area contributed by atoms with Gasteiger partial charge in [-0.3, -0.25) is 4.79 Å². The molecule has 0 spiro atoms. The molecule has 2 heterocycles. The number of aliphatic hydroxyl groups excluding tert-OH is 1. The van der Waals surface area contributed by atoms with Crippen molar-refractivity contribution in [2.45, 2.75) is 52.0 Å². The lowest BCUT2D eigenvalue weighted by molar-refractivity contribution is -0.605. The number of fused-ring (bicyclic) bond motifs is 3. The largest absolute Gasteiger partial charge is 0.619 e. The molecule has 1 fully saturated rings. The summed E-state index contributed by atoms with van der Waals surface area (Å²) in [4.78, 5) is 17.2. The molecule has 4 rings (SSSR count). The Labute approximate surface area is 157 Å². The van der Waals surface area contributed by atoms with E-state index in [1.807, 2.05) is 20.8 Å². The lowest BCUT2D eigenvalue weighted by atomic mass is 9.87. The van der Waals surface area contributed by atoms with E-state index in [0.29, 0.717) is 28.1 Å². The van der Waals surface area contributed by atoms with Crippen LogP contribution in [0.15, 0.2) is 18.6 Å². The Morgan fingerprint density at radius 3 is 2.96 bits per heavy atom. The highest BCUT2D eigenvalue weighted by Crippen LogP contribution is 2.55. The monoisotopic (exact) mass is 371 g/mol. The van der Waals surface area contributed by atoms with Gasteiger partial charge in [0.05, 0.1) is 24.5 Å². The van der Waals surface area contributed by atoms with Crippen LogP contribution in [0.5, 0.6) is 0 Å². The minimum Gasteiger partial charge on any atom is -0.619 e. The molecule has 2 N–H and O–H groups in total. The van der Waals surface area contributed by atoms with Gasteiger partial charge in [0.1, 0.15) is 0 Å².